The van der Waals surface area contributed by atoms with Crippen molar-refractivity contribution in [1.82, 2.24) is 0 Å². The molecule has 0 amide bonds. The van der Waals surface area contributed by atoms with Gasteiger partial charge < -0.3 is 14.8 Å². The van der Waals surface area contributed by atoms with Crippen molar-refractivity contribution in [1.29, 1.82) is 0 Å². The summed E-state index contributed by atoms with van der Waals surface area (Å²) in [5, 5.41) is 3.93. The van der Waals surface area contributed by atoms with Crippen molar-refractivity contribution >= 4 is 23.3 Å². The van der Waals surface area contributed by atoms with Crippen LogP contribution < -0.4 is 5.32 Å². The van der Waals surface area contributed by atoms with Gasteiger partial charge in [-0.15, -0.1) is 0 Å². The standard InChI is InChI=1S/C19H18ClNO3/c1-2-23-18(22)17-10-19(14-6-4-3-5-12(14)11-24-19)15-9-13(20)7-8-16(15)21-17/h3-9,17,21H,2,10-11H2,1H3/t17-,19-/m0/s1. The highest BCUT2D eigenvalue weighted by Gasteiger charge is 2.49. The second-order valence-corrected chi connectivity index (χ2v) is 6.55. The maximum atomic E-state index is 12.4. The molecule has 0 fully saturated rings. The van der Waals surface area contributed by atoms with E-state index in [0.29, 0.717) is 24.7 Å². The first-order chi connectivity index (χ1) is 11.6. The van der Waals surface area contributed by atoms with Crippen LogP contribution in [0.1, 0.15) is 30.0 Å². The Morgan fingerprint density at radius 1 is 1.33 bits per heavy atom. The van der Waals surface area contributed by atoms with E-state index in [4.69, 9.17) is 21.1 Å². The van der Waals surface area contributed by atoms with Gasteiger partial charge in [-0.3, -0.25) is 0 Å². The van der Waals surface area contributed by atoms with Gasteiger partial charge in [-0.25, -0.2) is 4.79 Å². The molecule has 4 nitrogen and oxygen atoms in total. The fourth-order valence-corrected chi connectivity index (χ4v) is 3.88. The number of halogens is 1. The molecule has 0 aromatic heterocycles. The number of benzene rings is 2. The van der Waals surface area contributed by atoms with Crippen molar-refractivity contribution in [2.24, 2.45) is 0 Å². The van der Waals surface area contributed by atoms with Gasteiger partial charge in [0.1, 0.15) is 11.6 Å². The number of ether oxygens (including phenoxy) is 2. The van der Waals surface area contributed by atoms with Crippen molar-refractivity contribution < 1.29 is 14.3 Å². The Bertz CT molecular complexity index is 807. The molecule has 24 heavy (non-hydrogen) atoms. The Labute approximate surface area is 145 Å². The summed E-state index contributed by atoms with van der Waals surface area (Å²) in [7, 11) is 0. The van der Waals surface area contributed by atoms with E-state index in [1.165, 1.54) is 0 Å². The van der Waals surface area contributed by atoms with Gasteiger partial charge in [0, 0.05) is 22.7 Å². The molecule has 0 saturated heterocycles. The predicted octanol–water partition coefficient (Wildman–Crippen LogP) is 3.86. The highest BCUT2D eigenvalue weighted by molar-refractivity contribution is 6.30. The normalized spacial score (nSPS) is 24.2. The van der Waals surface area contributed by atoms with Crippen molar-refractivity contribution in [3.8, 4) is 0 Å². The molecule has 2 heterocycles. The van der Waals surface area contributed by atoms with Crippen LogP contribution in [0.3, 0.4) is 0 Å². The molecule has 0 unspecified atom stereocenters. The quantitative estimate of drug-likeness (QED) is 0.841. The van der Waals surface area contributed by atoms with Crippen molar-refractivity contribution in [3.63, 3.8) is 0 Å². The monoisotopic (exact) mass is 343 g/mol. The van der Waals surface area contributed by atoms with E-state index < -0.39 is 11.6 Å². The van der Waals surface area contributed by atoms with Crippen LogP contribution >= 0.6 is 11.6 Å². The van der Waals surface area contributed by atoms with Gasteiger partial charge in [0.15, 0.2) is 0 Å². The Kier molecular flexibility index (Phi) is 3.74. The lowest BCUT2D eigenvalue weighted by molar-refractivity contribution is -0.146. The molecule has 124 valence electrons. The zero-order chi connectivity index (χ0) is 16.7. The van der Waals surface area contributed by atoms with Crippen LogP contribution in [0.2, 0.25) is 5.02 Å². The fourth-order valence-electron chi connectivity index (χ4n) is 3.71. The summed E-state index contributed by atoms with van der Waals surface area (Å²) in [6, 6.07) is 13.3. The van der Waals surface area contributed by atoms with Crippen LogP contribution in [-0.2, 0) is 26.5 Å². The van der Waals surface area contributed by atoms with Gasteiger partial charge in [-0.2, -0.15) is 0 Å². The second kappa shape index (κ2) is 5.80. The van der Waals surface area contributed by atoms with E-state index in [2.05, 4.69) is 17.4 Å². The molecule has 2 aliphatic rings. The third-order valence-electron chi connectivity index (χ3n) is 4.74. The van der Waals surface area contributed by atoms with Crippen molar-refractivity contribution in [3.05, 3.63) is 64.2 Å². The first-order valence-corrected chi connectivity index (χ1v) is 8.47. The minimum absolute atomic E-state index is 0.259. The number of anilines is 1. The first-order valence-electron chi connectivity index (χ1n) is 8.09. The lowest BCUT2D eigenvalue weighted by atomic mass is 9.77. The van der Waals surface area contributed by atoms with Crippen LogP contribution in [0, 0.1) is 0 Å². The first kappa shape index (κ1) is 15.5. The smallest absolute Gasteiger partial charge is 0.328 e. The van der Waals surface area contributed by atoms with Crippen LogP contribution in [0.4, 0.5) is 5.69 Å². The fraction of sp³-hybridized carbons (Fsp3) is 0.316. The average Bonchev–Trinajstić information content (AvgIpc) is 2.95. The van der Waals surface area contributed by atoms with Gasteiger partial charge in [-0.1, -0.05) is 35.9 Å². The van der Waals surface area contributed by atoms with Crippen LogP contribution in [0.15, 0.2) is 42.5 Å². The molecule has 0 aliphatic carbocycles. The number of fused-ring (bicyclic) bond motifs is 4. The number of hydrogen-bond donors (Lipinski definition) is 1. The van der Waals surface area contributed by atoms with Crippen LogP contribution in [-0.4, -0.2) is 18.6 Å². The average molecular weight is 344 g/mol. The molecule has 2 aromatic rings. The highest BCUT2D eigenvalue weighted by atomic mass is 35.5. The van der Waals surface area contributed by atoms with Gasteiger partial charge >= 0.3 is 5.97 Å². The zero-order valence-electron chi connectivity index (χ0n) is 13.3. The lowest BCUT2D eigenvalue weighted by Gasteiger charge is -2.40. The maximum Gasteiger partial charge on any atom is 0.328 e. The number of carbonyl (C=O) groups excluding carboxylic acids is 1. The molecule has 4 rings (SSSR count). The molecule has 0 bridgehead atoms. The molecular weight excluding hydrogens is 326 g/mol. The summed E-state index contributed by atoms with van der Waals surface area (Å²) in [5.74, 6) is -0.259. The zero-order valence-corrected chi connectivity index (χ0v) is 14.1. The summed E-state index contributed by atoms with van der Waals surface area (Å²) in [4.78, 5) is 12.4. The highest BCUT2D eigenvalue weighted by Crippen LogP contribution is 2.50. The number of hydrogen-bond acceptors (Lipinski definition) is 4. The molecule has 0 saturated carbocycles. The predicted molar refractivity (Wildman–Crippen MR) is 92.1 cm³/mol. The molecule has 1 spiro atoms. The molecule has 2 aliphatic heterocycles. The Hall–Kier alpha value is -2.04. The topological polar surface area (TPSA) is 47.6 Å². The maximum absolute atomic E-state index is 12.4. The number of esters is 1. The van der Waals surface area contributed by atoms with E-state index >= 15 is 0 Å². The minimum Gasteiger partial charge on any atom is -0.464 e. The SMILES string of the molecule is CCOC(=O)[C@@H]1C[C@@]2(OCc3ccccc32)c2cc(Cl)ccc2N1. The second-order valence-electron chi connectivity index (χ2n) is 6.12. The van der Waals surface area contributed by atoms with E-state index in [1.54, 1.807) is 0 Å². The molecule has 5 heteroatoms. The Morgan fingerprint density at radius 3 is 3.00 bits per heavy atom. The Balaban J connectivity index is 1.87. The molecule has 1 N–H and O–H groups in total. The van der Waals surface area contributed by atoms with Crippen molar-refractivity contribution in [2.45, 2.75) is 31.6 Å². The Morgan fingerprint density at radius 2 is 2.17 bits per heavy atom. The summed E-state index contributed by atoms with van der Waals surface area (Å²) >= 11 is 6.24. The van der Waals surface area contributed by atoms with Crippen LogP contribution in [0.25, 0.3) is 0 Å². The minimum atomic E-state index is -0.667. The molecular formula is C19H18ClNO3. The van der Waals surface area contributed by atoms with E-state index in [1.807, 2.05) is 37.3 Å². The van der Waals surface area contributed by atoms with Gasteiger partial charge in [-0.05, 0) is 36.2 Å². The summed E-state index contributed by atoms with van der Waals surface area (Å²) in [5.41, 5.74) is 3.41. The third-order valence-corrected chi connectivity index (χ3v) is 4.97. The van der Waals surface area contributed by atoms with Gasteiger partial charge in [0.2, 0.25) is 0 Å². The number of carbonyl (C=O) groups is 1. The molecule has 2 aromatic carbocycles. The van der Waals surface area contributed by atoms with Gasteiger partial charge in [0.05, 0.1) is 13.2 Å². The van der Waals surface area contributed by atoms with E-state index in [9.17, 15) is 4.79 Å². The third kappa shape index (κ3) is 2.29. The summed E-state index contributed by atoms with van der Waals surface area (Å²) in [6.07, 6.45) is 0.482. The van der Waals surface area contributed by atoms with Crippen LogP contribution in [0.5, 0.6) is 0 Å². The summed E-state index contributed by atoms with van der Waals surface area (Å²) < 4.78 is 11.5. The largest absolute Gasteiger partial charge is 0.464 e. The molecule has 2 atom stereocenters. The van der Waals surface area contributed by atoms with Crippen molar-refractivity contribution in [2.75, 3.05) is 11.9 Å². The molecule has 0 radical (unpaired) electrons. The van der Waals surface area contributed by atoms with E-state index in [-0.39, 0.29) is 5.97 Å². The number of rotatable bonds is 2. The van der Waals surface area contributed by atoms with Gasteiger partial charge in [0.25, 0.3) is 0 Å². The lowest BCUT2D eigenvalue weighted by Crippen LogP contribution is -2.45. The van der Waals surface area contributed by atoms with E-state index in [0.717, 1.165) is 22.4 Å². The summed E-state index contributed by atoms with van der Waals surface area (Å²) in [6.45, 7) is 2.69. The number of nitrogens with one attached hydrogen (secondary N) is 1.